The van der Waals surface area contributed by atoms with Gasteiger partial charge in [0.1, 0.15) is 11.4 Å². The van der Waals surface area contributed by atoms with Crippen molar-refractivity contribution in [1.29, 1.82) is 0 Å². The molecule has 0 fully saturated rings. The lowest BCUT2D eigenvalue weighted by atomic mass is 10.1. The molecule has 25 heavy (non-hydrogen) atoms. The lowest BCUT2D eigenvalue weighted by Crippen LogP contribution is -2.23. The van der Waals surface area contributed by atoms with E-state index in [0.717, 1.165) is 6.07 Å². The second-order valence-electron chi connectivity index (χ2n) is 5.36. The van der Waals surface area contributed by atoms with Crippen LogP contribution in [0.1, 0.15) is 5.56 Å². The minimum atomic E-state index is -3.87. The number of halogens is 1. The number of hydrogen-bond acceptors (Lipinski definition) is 4. The Morgan fingerprint density at radius 2 is 1.92 bits per heavy atom. The van der Waals surface area contributed by atoms with Crippen LogP contribution in [-0.4, -0.2) is 26.2 Å². The smallest absolute Gasteiger partial charge is 0.404 e. The summed E-state index contributed by atoms with van der Waals surface area (Å²) >= 11 is 0. The summed E-state index contributed by atoms with van der Waals surface area (Å²) in [5.41, 5.74) is 1.17. The molecule has 2 N–H and O–H groups in total. The summed E-state index contributed by atoms with van der Waals surface area (Å²) in [6, 6.07) is 9.17. The number of rotatable bonds is 5. The quantitative estimate of drug-likeness (QED) is 0.725. The van der Waals surface area contributed by atoms with E-state index in [1.54, 1.807) is 0 Å². The van der Waals surface area contributed by atoms with Crippen molar-refractivity contribution in [3.05, 3.63) is 60.1 Å². The molecule has 0 spiro atoms. The molecular weight excluding hydrogens is 349 g/mol. The normalized spacial score (nSPS) is 11.6. The molecule has 1 heterocycles. The number of carboxylic acid groups (broad SMARTS) is 1. The van der Waals surface area contributed by atoms with Crippen LogP contribution < -0.4 is 5.32 Å². The molecule has 0 aliphatic rings. The van der Waals surface area contributed by atoms with E-state index in [-0.39, 0.29) is 16.3 Å². The van der Waals surface area contributed by atoms with Crippen molar-refractivity contribution in [2.75, 3.05) is 6.54 Å². The van der Waals surface area contributed by atoms with Crippen LogP contribution in [0.2, 0.25) is 0 Å². The maximum absolute atomic E-state index is 13.4. The van der Waals surface area contributed by atoms with Crippen LogP contribution in [0.5, 0.6) is 0 Å². The average Bonchev–Trinajstić information content (AvgIpc) is 2.97. The van der Waals surface area contributed by atoms with Crippen LogP contribution in [0.3, 0.4) is 0 Å². The van der Waals surface area contributed by atoms with Gasteiger partial charge in [0.25, 0.3) is 0 Å². The first-order valence-corrected chi connectivity index (χ1v) is 8.84. The van der Waals surface area contributed by atoms with Gasteiger partial charge in [0.2, 0.25) is 9.84 Å². The average molecular weight is 363 g/mol. The fourth-order valence-electron chi connectivity index (χ4n) is 2.50. The van der Waals surface area contributed by atoms with Crippen molar-refractivity contribution < 1.29 is 27.1 Å². The predicted octanol–water partition coefficient (Wildman–Crippen LogP) is 3.21. The van der Waals surface area contributed by atoms with Crippen LogP contribution in [0.25, 0.3) is 11.0 Å². The molecular formula is C17H14FNO5S. The van der Waals surface area contributed by atoms with Gasteiger partial charge in [-0.1, -0.05) is 6.07 Å². The molecule has 1 aromatic heterocycles. The zero-order valence-corrected chi connectivity index (χ0v) is 13.7. The molecule has 1 amide bonds. The van der Waals surface area contributed by atoms with E-state index in [1.165, 1.54) is 42.7 Å². The van der Waals surface area contributed by atoms with E-state index < -0.39 is 21.7 Å². The molecule has 0 aliphatic carbocycles. The summed E-state index contributed by atoms with van der Waals surface area (Å²) < 4.78 is 44.1. The number of sulfone groups is 1. The topological polar surface area (TPSA) is 96.6 Å². The van der Waals surface area contributed by atoms with Gasteiger partial charge in [0.15, 0.2) is 0 Å². The van der Waals surface area contributed by atoms with Gasteiger partial charge in [-0.25, -0.2) is 17.6 Å². The third-order valence-corrected chi connectivity index (χ3v) is 5.46. The number of nitrogens with one attached hydrogen (secondary N) is 1. The summed E-state index contributed by atoms with van der Waals surface area (Å²) in [5.74, 6) is -0.633. The zero-order chi connectivity index (χ0) is 18.0. The molecule has 0 atom stereocenters. The Kier molecular flexibility index (Phi) is 4.45. The predicted molar refractivity (Wildman–Crippen MR) is 87.8 cm³/mol. The lowest BCUT2D eigenvalue weighted by Gasteiger charge is -2.05. The highest BCUT2D eigenvalue weighted by molar-refractivity contribution is 7.91. The Morgan fingerprint density at radius 1 is 1.16 bits per heavy atom. The molecule has 130 valence electrons. The highest BCUT2D eigenvalue weighted by atomic mass is 32.2. The van der Waals surface area contributed by atoms with E-state index in [4.69, 9.17) is 9.52 Å². The van der Waals surface area contributed by atoms with Crippen molar-refractivity contribution in [3.8, 4) is 0 Å². The van der Waals surface area contributed by atoms with Crippen LogP contribution in [0.15, 0.2) is 62.9 Å². The van der Waals surface area contributed by atoms with Gasteiger partial charge in [-0.15, -0.1) is 0 Å². The zero-order valence-electron chi connectivity index (χ0n) is 12.9. The molecule has 6 nitrogen and oxygen atoms in total. The summed E-state index contributed by atoms with van der Waals surface area (Å²) in [6.45, 7) is 0.171. The van der Waals surface area contributed by atoms with E-state index >= 15 is 0 Å². The number of carbonyl (C=O) groups is 1. The Morgan fingerprint density at radius 3 is 2.64 bits per heavy atom. The summed E-state index contributed by atoms with van der Waals surface area (Å²) in [5, 5.41) is 11.4. The maximum Gasteiger partial charge on any atom is 0.404 e. The summed E-state index contributed by atoms with van der Waals surface area (Å²) in [4.78, 5) is 10.4. The fraction of sp³-hybridized carbons (Fsp3) is 0.118. The monoisotopic (exact) mass is 363 g/mol. The highest BCUT2D eigenvalue weighted by Crippen LogP contribution is 2.28. The summed E-state index contributed by atoms with van der Waals surface area (Å²) in [6.07, 6.45) is 0.678. The molecule has 0 saturated heterocycles. The number of benzene rings is 2. The van der Waals surface area contributed by atoms with E-state index in [0.29, 0.717) is 23.0 Å². The van der Waals surface area contributed by atoms with Crippen molar-refractivity contribution in [2.45, 2.75) is 16.2 Å². The third kappa shape index (κ3) is 3.48. The standard InChI is InChI=1S/C17H14FNO5S/c18-12-2-1-3-13(8-12)25(22,23)14-4-5-16-15(9-14)11(10-24-16)6-7-19-17(20)21/h1-5,8-10,19H,6-7H2,(H,20,21). The first-order valence-electron chi connectivity index (χ1n) is 7.35. The fourth-order valence-corrected chi connectivity index (χ4v) is 3.81. The molecule has 0 radical (unpaired) electrons. The van der Waals surface area contributed by atoms with Crippen LogP contribution in [-0.2, 0) is 16.3 Å². The van der Waals surface area contributed by atoms with Crippen molar-refractivity contribution in [3.63, 3.8) is 0 Å². The molecule has 3 aromatic rings. The second-order valence-corrected chi connectivity index (χ2v) is 7.31. The van der Waals surface area contributed by atoms with E-state index in [2.05, 4.69) is 5.32 Å². The van der Waals surface area contributed by atoms with Crippen molar-refractivity contribution in [2.24, 2.45) is 0 Å². The van der Waals surface area contributed by atoms with Gasteiger partial charge in [0, 0.05) is 11.9 Å². The van der Waals surface area contributed by atoms with Crippen LogP contribution >= 0.6 is 0 Å². The molecule has 8 heteroatoms. The van der Waals surface area contributed by atoms with Gasteiger partial charge < -0.3 is 14.8 Å². The van der Waals surface area contributed by atoms with Crippen molar-refractivity contribution in [1.82, 2.24) is 5.32 Å². The molecule has 0 aliphatic heterocycles. The van der Waals surface area contributed by atoms with Gasteiger partial charge >= 0.3 is 6.09 Å². The Bertz CT molecular complexity index is 1040. The Hall–Kier alpha value is -2.87. The van der Waals surface area contributed by atoms with Gasteiger partial charge in [0.05, 0.1) is 16.1 Å². The summed E-state index contributed by atoms with van der Waals surface area (Å²) in [7, 11) is -3.87. The first-order chi connectivity index (χ1) is 11.9. The first kappa shape index (κ1) is 17.0. The number of fused-ring (bicyclic) bond motifs is 1. The van der Waals surface area contributed by atoms with Crippen LogP contribution in [0.4, 0.5) is 9.18 Å². The van der Waals surface area contributed by atoms with Gasteiger partial charge in [-0.2, -0.15) is 0 Å². The maximum atomic E-state index is 13.4. The van der Waals surface area contributed by atoms with Gasteiger partial charge in [-0.05, 0) is 48.4 Å². The van der Waals surface area contributed by atoms with Crippen LogP contribution in [0, 0.1) is 5.82 Å². The van der Waals surface area contributed by atoms with Gasteiger partial charge in [-0.3, -0.25) is 0 Å². The molecule has 2 aromatic carbocycles. The number of hydrogen-bond donors (Lipinski definition) is 2. The molecule has 0 bridgehead atoms. The van der Waals surface area contributed by atoms with E-state index in [1.807, 2.05) is 0 Å². The van der Waals surface area contributed by atoms with Crippen molar-refractivity contribution >= 4 is 26.9 Å². The largest absolute Gasteiger partial charge is 0.465 e. The minimum absolute atomic E-state index is 0.0134. The molecule has 0 saturated carbocycles. The number of furan rings is 1. The molecule has 0 unspecified atom stereocenters. The second kappa shape index (κ2) is 6.56. The third-order valence-electron chi connectivity index (χ3n) is 3.71. The Labute approximate surface area is 142 Å². The minimum Gasteiger partial charge on any atom is -0.465 e. The SMILES string of the molecule is O=C(O)NCCc1coc2ccc(S(=O)(=O)c3cccc(F)c3)cc12. The van der Waals surface area contributed by atoms with E-state index in [9.17, 15) is 17.6 Å². The lowest BCUT2D eigenvalue weighted by molar-refractivity contribution is 0.194. The Balaban J connectivity index is 1.98. The molecule has 3 rings (SSSR count). The highest BCUT2D eigenvalue weighted by Gasteiger charge is 2.20. The number of amides is 1.